The van der Waals surface area contributed by atoms with Gasteiger partial charge in [0.15, 0.2) is 0 Å². The number of nitrogens with one attached hydrogen (secondary N) is 2. The van der Waals surface area contributed by atoms with Crippen molar-refractivity contribution >= 4 is 11.6 Å². The van der Waals surface area contributed by atoms with Crippen molar-refractivity contribution in [2.24, 2.45) is 5.84 Å². The molecule has 1 heterocycles. The van der Waals surface area contributed by atoms with E-state index < -0.39 is 0 Å². The molecule has 1 amide bonds. The number of nitrogens with zero attached hydrogens (tertiary/aromatic N) is 1. The molecular formula is C15H18N4O. The van der Waals surface area contributed by atoms with Crippen LogP contribution in [0.4, 0.5) is 5.69 Å². The van der Waals surface area contributed by atoms with Gasteiger partial charge in [-0.2, -0.15) is 0 Å². The Morgan fingerprint density at radius 3 is 2.90 bits per heavy atom. The Morgan fingerprint density at radius 2 is 2.20 bits per heavy atom. The second kappa shape index (κ2) is 6.68. The molecule has 0 radical (unpaired) electrons. The molecule has 20 heavy (non-hydrogen) atoms. The molecule has 2 aromatic rings. The Balaban J connectivity index is 1.97. The lowest BCUT2D eigenvalue weighted by Crippen LogP contribution is -2.27. The van der Waals surface area contributed by atoms with Crippen LogP contribution in [0.25, 0.3) is 0 Å². The highest BCUT2D eigenvalue weighted by atomic mass is 16.1. The molecule has 104 valence electrons. The van der Waals surface area contributed by atoms with Crippen LogP contribution < -0.4 is 16.6 Å². The molecule has 0 spiro atoms. The second-order valence-electron chi connectivity index (χ2n) is 4.56. The van der Waals surface area contributed by atoms with E-state index in [-0.39, 0.29) is 5.91 Å². The van der Waals surface area contributed by atoms with Crippen LogP contribution in [0.3, 0.4) is 0 Å². The van der Waals surface area contributed by atoms with Crippen LogP contribution >= 0.6 is 0 Å². The number of anilines is 1. The van der Waals surface area contributed by atoms with Crippen LogP contribution in [-0.4, -0.2) is 17.4 Å². The van der Waals surface area contributed by atoms with Gasteiger partial charge in [0.2, 0.25) is 0 Å². The van der Waals surface area contributed by atoms with Crippen molar-refractivity contribution in [3.8, 4) is 0 Å². The summed E-state index contributed by atoms with van der Waals surface area (Å²) < 4.78 is 0. The van der Waals surface area contributed by atoms with Crippen molar-refractivity contribution in [2.75, 3.05) is 12.0 Å². The quantitative estimate of drug-likeness (QED) is 0.570. The predicted octanol–water partition coefficient (Wildman–Crippen LogP) is 1.65. The minimum Gasteiger partial charge on any atom is -0.352 e. The number of pyridine rings is 1. The molecule has 0 aliphatic heterocycles. The van der Waals surface area contributed by atoms with Gasteiger partial charge in [-0.15, -0.1) is 0 Å². The van der Waals surface area contributed by atoms with Crippen LogP contribution in [0.2, 0.25) is 0 Å². The van der Waals surface area contributed by atoms with Crippen LogP contribution in [0.15, 0.2) is 42.7 Å². The highest BCUT2D eigenvalue weighted by molar-refractivity contribution is 5.99. The molecule has 0 atom stereocenters. The first kappa shape index (κ1) is 14.0. The van der Waals surface area contributed by atoms with Crippen molar-refractivity contribution < 1.29 is 4.79 Å². The smallest absolute Gasteiger partial charge is 0.253 e. The third-order valence-corrected chi connectivity index (χ3v) is 3.00. The van der Waals surface area contributed by atoms with E-state index in [0.717, 1.165) is 17.5 Å². The summed E-state index contributed by atoms with van der Waals surface area (Å²) in [6.07, 6.45) is 4.27. The molecule has 0 aliphatic carbocycles. The second-order valence-corrected chi connectivity index (χ2v) is 4.56. The van der Waals surface area contributed by atoms with Gasteiger partial charge in [-0.3, -0.25) is 15.6 Å². The molecule has 0 bridgehead atoms. The first-order valence-electron chi connectivity index (χ1n) is 6.45. The number of carbonyl (C=O) groups is 1. The van der Waals surface area contributed by atoms with Crippen LogP contribution in [-0.2, 0) is 6.42 Å². The van der Waals surface area contributed by atoms with Gasteiger partial charge < -0.3 is 10.7 Å². The Morgan fingerprint density at radius 1 is 1.35 bits per heavy atom. The van der Waals surface area contributed by atoms with Gasteiger partial charge in [-0.25, -0.2) is 0 Å². The molecule has 0 unspecified atom stereocenters. The third-order valence-electron chi connectivity index (χ3n) is 3.00. The summed E-state index contributed by atoms with van der Waals surface area (Å²) in [5.74, 6) is 5.29. The number of nitrogen functional groups attached to an aromatic ring is 1. The number of aryl methyl sites for hydroxylation is 1. The number of aromatic nitrogens is 1. The Labute approximate surface area is 118 Å². The highest BCUT2D eigenvalue weighted by Crippen LogP contribution is 2.16. The SMILES string of the molecule is Cc1ccc(NN)c(C(=O)NCCc2cccnc2)c1. The van der Waals surface area contributed by atoms with Crippen molar-refractivity contribution in [3.63, 3.8) is 0 Å². The largest absolute Gasteiger partial charge is 0.352 e. The molecule has 2 rings (SSSR count). The number of amides is 1. The average Bonchev–Trinajstić information content (AvgIpc) is 2.48. The zero-order valence-corrected chi connectivity index (χ0v) is 11.4. The average molecular weight is 270 g/mol. The standard InChI is InChI=1S/C15H18N4O/c1-11-4-5-14(19-16)13(9-11)15(20)18-8-6-12-3-2-7-17-10-12/h2-5,7,9-10,19H,6,8,16H2,1H3,(H,18,20). The van der Waals surface area contributed by atoms with Crippen LogP contribution in [0, 0.1) is 6.92 Å². The minimum absolute atomic E-state index is 0.134. The molecule has 5 nitrogen and oxygen atoms in total. The van der Waals surface area contributed by atoms with Crippen molar-refractivity contribution in [2.45, 2.75) is 13.3 Å². The molecule has 0 saturated heterocycles. The van der Waals surface area contributed by atoms with E-state index in [9.17, 15) is 4.79 Å². The molecule has 1 aromatic heterocycles. The number of carbonyl (C=O) groups excluding carboxylic acids is 1. The van der Waals surface area contributed by atoms with Gasteiger partial charge in [-0.1, -0.05) is 17.7 Å². The lowest BCUT2D eigenvalue weighted by Gasteiger charge is -2.10. The maximum absolute atomic E-state index is 12.1. The molecule has 4 N–H and O–H groups in total. The van der Waals surface area contributed by atoms with Gasteiger partial charge in [-0.05, 0) is 37.1 Å². The number of benzene rings is 1. The summed E-state index contributed by atoms with van der Waals surface area (Å²) >= 11 is 0. The number of hydrogen-bond acceptors (Lipinski definition) is 4. The van der Waals surface area contributed by atoms with E-state index >= 15 is 0 Å². The van der Waals surface area contributed by atoms with Crippen LogP contribution in [0.1, 0.15) is 21.5 Å². The monoisotopic (exact) mass is 270 g/mol. The topological polar surface area (TPSA) is 80.0 Å². The molecule has 1 aromatic carbocycles. The minimum atomic E-state index is -0.134. The van der Waals surface area contributed by atoms with E-state index in [0.29, 0.717) is 17.8 Å². The fraction of sp³-hybridized carbons (Fsp3) is 0.200. The maximum Gasteiger partial charge on any atom is 0.253 e. The van der Waals surface area contributed by atoms with E-state index in [2.05, 4.69) is 15.7 Å². The summed E-state index contributed by atoms with van der Waals surface area (Å²) in [6.45, 7) is 2.50. The molecule has 5 heteroatoms. The number of hydrazine groups is 1. The first-order valence-corrected chi connectivity index (χ1v) is 6.45. The van der Waals surface area contributed by atoms with Gasteiger partial charge in [0.1, 0.15) is 0 Å². The van der Waals surface area contributed by atoms with Gasteiger partial charge in [0.05, 0.1) is 11.3 Å². The van der Waals surface area contributed by atoms with E-state index in [4.69, 9.17) is 5.84 Å². The normalized spacial score (nSPS) is 10.1. The van der Waals surface area contributed by atoms with Gasteiger partial charge in [0, 0.05) is 18.9 Å². The summed E-state index contributed by atoms with van der Waals surface area (Å²) in [7, 11) is 0. The van der Waals surface area contributed by atoms with E-state index in [1.807, 2.05) is 31.2 Å². The summed E-state index contributed by atoms with van der Waals surface area (Å²) in [6, 6.07) is 9.38. The first-order chi connectivity index (χ1) is 9.70. The number of hydrogen-bond donors (Lipinski definition) is 3. The fourth-order valence-corrected chi connectivity index (χ4v) is 1.93. The zero-order chi connectivity index (χ0) is 14.4. The molecule has 0 fully saturated rings. The Kier molecular flexibility index (Phi) is 4.68. The van der Waals surface area contributed by atoms with E-state index in [1.54, 1.807) is 18.5 Å². The summed E-state index contributed by atoms with van der Waals surface area (Å²) in [4.78, 5) is 16.2. The van der Waals surface area contributed by atoms with Gasteiger partial charge >= 0.3 is 0 Å². The van der Waals surface area contributed by atoms with E-state index in [1.165, 1.54) is 0 Å². The highest BCUT2D eigenvalue weighted by Gasteiger charge is 2.10. The van der Waals surface area contributed by atoms with Crippen molar-refractivity contribution in [1.29, 1.82) is 0 Å². The Bertz CT molecular complexity index is 584. The predicted molar refractivity (Wildman–Crippen MR) is 79.3 cm³/mol. The zero-order valence-electron chi connectivity index (χ0n) is 11.4. The molecule has 0 saturated carbocycles. The lowest BCUT2D eigenvalue weighted by atomic mass is 10.1. The number of nitrogens with two attached hydrogens (primary N) is 1. The summed E-state index contributed by atoms with van der Waals surface area (Å²) in [5, 5.41) is 2.89. The maximum atomic E-state index is 12.1. The fourth-order valence-electron chi connectivity index (χ4n) is 1.93. The van der Waals surface area contributed by atoms with Crippen molar-refractivity contribution in [1.82, 2.24) is 10.3 Å². The molecular weight excluding hydrogens is 252 g/mol. The van der Waals surface area contributed by atoms with Crippen molar-refractivity contribution in [3.05, 3.63) is 59.4 Å². The number of rotatable bonds is 5. The Hall–Kier alpha value is -2.40. The molecule has 0 aliphatic rings. The third kappa shape index (κ3) is 3.55. The van der Waals surface area contributed by atoms with Crippen LogP contribution in [0.5, 0.6) is 0 Å². The van der Waals surface area contributed by atoms with Gasteiger partial charge in [0.25, 0.3) is 5.91 Å². The summed E-state index contributed by atoms with van der Waals surface area (Å²) in [5.41, 5.74) is 5.82. The lowest BCUT2D eigenvalue weighted by molar-refractivity contribution is 0.0955.